The van der Waals surface area contributed by atoms with E-state index in [9.17, 15) is 14.0 Å². The molecule has 1 fully saturated rings. The van der Waals surface area contributed by atoms with Crippen LogP contribution in [0.5, 0.6) is 0 Å². The standard InChI is InChI=1S/C30H27ClFN3O2/c1-20-5-3-4-6-27(20)35-21(2)26(19-28(35)22-7-11-24(31)12-8-22)30(37)34-17-15-33(16-18-34)29(36)23-9-13-25(32)14-10-23/h3-14,19H,15-18H2,1-2H3. The Balaban J connectivity index is 1.42. The summed E-state index contributed by atoms with van der Waals surface area (Å²) in [6, 6.07) is 23.2. The van der Waals surface area contributed by atoms with E-state index in [4.69, 9.17) is 11.6 Å². The molecule has 4 aromatic rings. The number of amides is 2. The van der Waals surface area contributed by atoms with Gasteiger partial charge in [-0.15, -0.1) is 0 Å². The molecule has 0 atom stereocenters. The van der Waals surface area contributed by atoms with Crippen LogP contribution < -0.4 is 0 Å². The summed E-state index contributed by atoms with van der Waals surface area (Å²) in [5.41, 5.74) is 5.92. The van der Waals surface area contributed by atoms with E-state index in [0.717, 1.165) is 28.2 Å². The normalized spacial score (nSPS) is 13.6. The molecule has 1 saturated heterocycles. The fourth-order valence-corrected chi connectivity index (χ4v) is 4.97. The highest BCUT2D eigenvalue weighted by atomic mass is 35.5. The summed E-state index contributed by atoms with van der Waals surface area (Å²) in [5.74, 6) is -0.592. The smallest absolute Gasteiger partial charge is 0.255 e. The fourth-order valence-electron chi connectivity index (χ4n) is 4.84. The molecule has 0 unspecified atom stereocenters. The number of para-hydroxylation sites is 1. The van der Waals surface area contributed by atoms with Crippen molar-refractivity contribution in [1.29, 1.82) is 0 Å². The Kier molecular flexibility index (Phi) is 6.85. The van der Waals surface area contributed by atoms with Crippen molar-refractivity contribution in [3.05, 3.63) is 112 Å². The first kappa shape index (κ1) is 24.8. The third kappa shape index (κ3) is 4.89. The van der Waals surface area contributed by atoms with Crippen molar-refractivity contribution >= 4 is 23.4 Å². The Morgan fingerprint density at radius 3 is 2.00 bits per heavy atom. The van der Waals surface area contributed by atoms with Crippen molar-refractivity contribution in [3.8, 4) is 16.9 Å². The topological polar surface area (TPSA) is 45.6 Å². The number of benzene rings is 3. The van der Waals surface area contributed by atoms with E-state index in [1.807, 2.05) is 49.4 Å². The second-order valence-corrected chi connectivity index (χ2v) is 9.69. The van der Waals surface area contributed by atoms with Crippen molar-refractivity contribution in [2.45, 2.75) is 13.8 Å². The lowest BCUT2D eigenvalue weighted by Crippen LogP contribution is -2.50. The molecule has 1 aromatic heterocycles. The van der Waals surface area contributed by atoms with Gasteiger partial charge in [0.1, 0.15) is 5.82 Å². The Morgan fingerprint density at radius 2 is 1.38 bits per heavy atom. The molecule has 0 spiro atoms. The maximum absolute atomic E-state index is 13.7. The van der Waals surface area contributed by atoms with Crippen molar-refractivity contribution < 1.29 is 14.0 Å². The van der Waals surface area contributed by atoms with E-state index in [1.165, 1.54) is 24.3 Å². The average molecular weight is 516 g/mol. The van der Waals surface area contributed by atoms with E-state index in [2.05, 4.69) is 23.6 Å². The van der Waals surface area contributed by atoms with Gasteiger partial charge in [0.05, 0.1) is 11.3 Å². The first-order chi connectivity index (χ1) is 17.8. The van der Waals surface area contributed by atoms with Crippen molar-refractivity contribution in [1.82, 2.24) is 14.4 Å². The lowest BCUT2D eigenvalue weighted by molar-refractivity contribution is 0.0535. The minimum Gasteiger partial charge on any atom is -0.335 e. The number of rotatable bonds is 4. The molecule has 5 nitrogen and oxygen atoms in total. The third-order valence-electron chi connectivity index (χ3n) is 6.92. The van der Waals surface area contributed by atoms with Crippen LogP contribution in [0.3, 0.4) is 0 Å². The Hall–Kier alpha value is -3.90. The van der Waals surface area contributed by atoms with Gasteiger partial charge >= 0.3 is 0 Å². The Labute approximate surface area is 220 Å². The number of hydrogen-bond acceptors (Lipinski definition) is 2. The maximum atomic E-state index is 13.7. The van der Waals surface area contributed by atoms with Crippen LogP contribution in [0.4, 0.5) is 4.39 Å². The molecule has 2 amide bonds. The van der Waals surface area contributed by atoms with Crippen LogP contribution in [-0.4, -0.2) is 52.4 Å². The van der Waals surface area contributed by atoms with Crippen molar-refractivity contribution in [2.24, 2.45) is 0 Å². The molecule has 0 bridgehead atoms. The van der Waals surface area contributed by atoms with E-state index in [-0.39, 0.29) is 17.6 Å². The number of aryl methyl sites for hydroxylation is 1. The SMILES string of the molecule is Cc1ccccc1-n1c(-c2ccc(Cl)cc2)cc(C(=O)N2CCN(C(=O)c3ccc(F)cc3)CC2)c1C. The van der Waals surface area contributed by atoms with Crippen LogP contribution in [0.25, 0.3) is 16.9 Å². The van der Waals surface area contributed by atoms with Gasteiger partial charge in [0, 0.05) is 48.1 Å². The van der Waals surface area contributed by atoms with Gasteiger partial charge in [-0.2, -0.15) is 0 Å². The van der Waals surface area contributed by atoms with Gasteiger partial charge in [0.2, 0.25) is 0 Å². The second kappa shape index (κ2) is 10.2. The number of piperazine rings is 1. The van der Waals surface area contributed by atoms with E-state index >= 15 is 0 Å². The van der Waals surface area contributed by atoms with Crippen LogP contribution in [0.15, 0.2) is 78.9 Å². The van der Waals surface area contributed by atoms with Crippen molar-refractivity contribution in [3.63, 3.8) is 0 Å². The first-order valence-corrected chi connectivity index (χ1v) is 12.6. The lowest BCUT2D eigenvalue weighted by atomic mass is 10.1. The monoisotopic (exact) mass is 515 g/mol. The molecule has 0 saturated carbocycles. The van der Waals surface area contributed by atoms with Crippen LogP contribution in [0.2, 0.25) is 5.02 Å². The zero-order chi connectivity index (χ0) is 26.1. The van der Waals surface area contributed by atoms with Gasteiger partial charge in [-0.3, -0.25) is 9.59 Å². The number of nitrogens with zero attached hydrogens (tertiary/aromatic N) is 3. The van der Waals surface area contributed by atoms with Gasteiger partial charge in [-0.05, 0) is 73.5 Å². The molecule has 37 heavy (non-hydrogen) atoms. The molecular formula is C30H27ClFN3O2. The first-order valence-electron chi connectivity index (χ1n) is 12.2. The third-order valence-corrected chi connectivity index (χ3v) is 7.17. The highest BCUT2D eigenvalue weighted by Crippen LogP contribution is 2.32. The summed E-state index contributed by atoms with van der Waals surface area (Å²) in [6.45, 7) is 5.72. The van der Waals surface area contributed by atoms with Gasteiger partial charge < -0.3 is 14.4 Å². The zero-order valence-corrected chi connectivity index (χ0v) is 21.5. The minimum atomic E-state index is -0.377. The number of halogens is 2. The average Bonchev–Trinajstić information content (AvgIpc) is 3.25. The van der Waals surface area contributed by atoms with E-state index < -0.39 is 0 Å². The maximum Gasteiger partial charge on any atom is 0.255 e. The second-order valence-electron chi connectivity index (χ2n) is 9.25. The quantitative estimate of drug-likeness (QED) is 0.327. The van der Waals surface area contributed by atoms with Gasteiger partial charge in [0.15, 0.2) is 0 Å². The van der Waals surface area contributed by atoms with Crippen molar-refractivity contribution in [2.75, 3.05) is 26.2 Å². The predicted molar refractivity (Wildman–Crippen MR) is 144 cm³/mol. The molecule has 0 aliphatic carbocycles. The molecule has 5 rings (SSSR count). The molecule has 7 heteroatoms. The van der Waals surface area contributed by atoms with Crippen LogP contribution >= 0.6 is 11.6 Å². The molecule has 0 N–H and O–H groups in total. The molecule has 0 radical (unpaired) electrons. The molecule has 3 aromatic carbocycles. The van der Waals surface area contributed by atoms with Gasteiger partial charge in [0.25, 0.3) is 11.8 Å². The molecule has 2 heterocycles. The summed E-state index contributed by atoms with van der Waals surface area (Å²) in [7, 11) is 0. The summed E-state index contributed by atoms with van der Waals surface area (Å²) < 4.78 is 15.4. The molecule has 188 valence electrons. The molecule has 1 aliphatic rings. The van der Waals surface area contributed by atoms with Gasteiger partial charge in [-0.1, -0.05) is 41.9 Å². The lowest BCUT2D eigenvalue weighted by Gasteiger charge is -2.35. The fraction of sp³-hybridized carbons (Fsp3) is 0.200. The highest BCUT2D eigenvalue weighted by molar-refractivity contribution is 6.30. The Morgan fingerprint density at radius 1 is 0.784 bits per heavy atom. The zero-order valence-electron chi connectivity index (χ0n) is 20.7. The summed E-state index contributed by atoms with van der Waals surface area (Å²) in [5, 5.41) is 0.652. The van der Waals surface area contributed by atoms with E-state index in [0.29, 0.717) is 42.3 Å². The van der Waals surface area contributed by atoms with E-state index in [1.54, 1.807) is 9.80 Å². The van der Waals surface area contributed by atoms with Gasteiger partial charge in [-0.25, -0.2) is 4.39 Å². The minimum absolute atomic E-state index is 0.0612. The number of hydrogen-bond donors (Lipinski definition) is 0. The summed E-state index contributed by atoms with van der Waals surface area (Å²) in [4.78, 5) is 30.0. The summed E-state index contributed by atoms with van der Waals surface area (Å²) >= 11 is 6.14. The predicted octanol–water partition coefficient (Wildman–Crippen LogP) is 6.15. The van der Waals surface area contributed by atoms with Crippen LogP contribution in [-0.2, 0) is 0 Å². The number of carbonyl (C=O) groups is 2. The number of carbonyl (C=O) groups excluding carboxylic acids is 2. The molecular weight excluding hydrogens is 489 g/mol. The summed E-state index contributed by atoms with van der Waals surface area (Å²) in [6.07, 6.45) is 0. The van der Waals surface area contributed by atoms with Crippen LogP contribution in [0, 0.1) is 19.7 Å². The van der Waals surface area contributed by atoms with Crippen LogP contribution in [0.1, 0.15) is 32.0 Å². The largest absolute Gasteiger partial charge is 0.335 e. The highest BCUT2D eigenvalue weighted by Gasteiger charge is 2.28. The number of aromatic nitrogens is 1. The molecule has 1 aliphatic heterocycles. The Bertz CT molecular complexity index is 1450.